The van der Waals surface area contributed by atoms with Crippen molar-refractivity contribution in [3.63, 3.8) is 0 Å². The molecule has 1 unspecified atom stereocenters. The molecule has 116 valence electrons. The van der Waals surface area contributed by atoms with Gasteiger partial charge >= 0.3 is 5.97 Å². The largest absolute Gasteiger partial charge is 0.494 e. The van der Waals surface area contributed by atoms with E-state index in [1.54, 1.807) is 24.3 Å². The van der Waals surface area contributed by atoms with Crippen molar-refractivity contribution in [2.24, 2.45) is 5.92 Å². The van der Waals surface area contributed by atoms with E-state index in [9.17, 15) is 9.59 Å². The summed E-state index contributed by atoms with van der Waals surface area (Å²) in [4.78, 5) is 22.4. The Bertz CT molecular complexity index is 456. The zero-order valence-corrected chi connectivity index (χ0v) is 12.6. The van der Waals surface area contributed by atoms with Crippen molar-refractivity contribution in [1.82, 2.24) is 5.32 Å². The van der Waals surface area contributed by atoms with Crippen LogP contribution in [-0.4, -0.2) is 30.1 Å². The van der Waals surface area contributed by atoms with Crippen LogP contribution in [0.25, 0.3) is 0 Å². The summed E-state index contributed by atoms with van der Waals surface area (Å²) in [6.45, 7) is 5.09. The predicted octanol–water partition coefficient (Wildman–Crippen LogP) is 2.71. The highest BCUT2D eigenvalue weighted by atomic mass is 16.5. The molecule has 1 aromatic rings. The molecule has 2 N–H and O–H groups in total. The molecule has 1 amide bonds. The Morgan fingerprint density at radius 1 is 1.29 bits per heavy atom. The van der Waals surface area contributed by atoms with Crippen molar-refractivity contribution in [2.75, 3.05) is 13.2 Å². The SMILES string of the molecule is CCCOc1ccc(C(=O)NCC(C)CCC(=O)O)cc1. The molecule has 0 fully saturated rings. The minimum Gasteiger partial charge on any atom is -0.494 e. The molecule has 0 radical (unpaired) electrons. The van der Waals surface area contributed by atoms with E-state index in [0.717, 1.165) is 12.2 Å². The zero-order valence-electron chi connectivity index (χ0n) is 12.6. The third-order valence-corrected chi connectivity index (χ3v) is 3.05. The van der Waals surface area contributed by atoms with Crippen molar-refractivity contribution in [3.8, 4) is 5.75 Å². The van der Waals surface area contributed by atoms with Gasteiger partial charge in [-0.25, -0.2) is 0 Å². The molecule has 0 bridgehead atoms. The first-order valence-corrected chi connectivity index (χ1v) is 7.25. The Hall–Kier alpha value is -2.04. The third-order valence-electron chi connectivity index (χ3n) is 3.05. The fourth-order valence-corrected chi connectivity index (χ4v) is 1.76. The second kappa shape index (κ2) is 9.00. The first-order valence-electron chi connectivity index (χ1n) is 7.25. The van der Waals surface area contributed by atoms with Crippen LogP contribution in [0.5, 0.6) is 5.75 Å². The molecule has 0 aliphatic rings. The van der Waals surface area contributed by atoms with Gasteiger partial charge in [-0.3, -0.25) is 9.59 Å². The fourth-order valence-electron chi connectivity index (χ4n) is 1.76. The highest BCUT2D eigenvalue weighted by molar-refractivity contribution is 5.94. The van der Waals surface area contributed by atoms with Gasteiger partial charge in [-0.05, 0) is 43.0 Å². The fraction of sp³-hybridized carbons (Fsp3) is 0.500. The number of rotatable bonds is 9. The number of benzene rings is 1. The van der Waals surface area contributed by atoms with Gasteiger partial charge in [0.05, 0.1) is 6.61 Å². The second-order valence-electron chi connectivity index (χ2n) is 5.12. The zero-order chi connectivity index (χ0) is 15.7. The monoisotopic (exact) mass is 293 g/mol. The minimum atomic E-state index is -0.809. The molecular formula is C16H23NO4. The van der Waals surface area contributed by atoms with Crippen molar-refractivity contribution in [1.29, 1.82) is 0 Å². The van der Waals surface area contributed by atoms with Gasteiger partial charge in [0.15, 0.2) is 0 Å². The number of amides is 1. The van der Waals surface area contributed by atoms with E-state index >= 15 is 0 Å². The van der Waals surface area contributed by atoms with Crippen molar-refractivity contribution in [2.45, 2.75) is 33.1 Å². The summed E-state index contributed by atoms with van der Waals surface area (Å²) in [6, 6.07) is 7.00. The van der Waals surface area contributed by atoms with Crippen molar-refractivity contribution < 1.29 is 19.4 Å². The smallest absolute Gasteiger partial charge is 0.303 e. The maximum Gasteiger partial charge on any atom is 0.303 e. The molecule has 0 aliphatic carbocycles. The van der Waals surface area contributed by atoms with E-state index in [0.29, 0.717) is 25.1 Å². The Morgan fingerprint density at radius 3 is 2.52 bits per heavy atom. The average Bonchev–Trinajstić information content (AvgIpc) is 2.49. The molecule has 0 spiro atoms. The molecule has 1 aromatic carbocycles. The lowest BCUT2D eigenvalue weighted by atomic mass is 10.1. The number of hydrogen-bond donors (Lipinski definition) is 2. The van der Waals surface area contributed by atoms with Crippen LogP contribution in [0.1, 0.15) is 43.5 Å². The van der Waals surface area contributed by atoms with Gasteiger partial charge in [0.1, 0.15) is 5.75 Å². The van der Waals surface area contributed by atoms with Crippen molar-refractivity contribution >= 4 is 11.9 Å². The standard InChI is InChI=1S/C16H23NO4/c1-3-10-21-14-7-5-13(6-8-14)16(20)17-11-12(2)4-9-15(18)19/h5-8,12H,3-4,9-11H2,1-2H3,(H,17,20)(H,18,19). The Balaban J connectivity index is 2.39. The highest BCUT2D eigenvalue weighted by Gasteiger charge is 2.09. The summed E-state index contributed by atoms with van der Waals surface area (Å²) in [5.41, 5.74) is 0.573. The first kappa shape index (κ1) is 17.0. The van der Waals surface area contributed by atoms with Gasteiger partial charge in [-0.15, -0.1) is 0 Å². The summed E-state index contributed by atoms with van der Waals surface area (Å²) >= 11 is 0. The maximum absolute atomic E-state index is 11.9. The van der Waals surface area contributed by atoms with Crippen LogP contribution in [0.3, 0.4) is 0 Å². The van der Waals surface area contributed by atoms with E-state index in [4.69, 9.17) is 9.84 Å². The van der Waals surface area contributed by atoms with Crippen LogP contribution in [-0.2, 0) is 4.79 Å². The third kappa shape index (κ3) is 6.79. The molecule has 1 atom stereocenters. The quantitative estimate of drug-likeness (QED) is 0.734. The van der Waals surface area contributed by atoms with Crippen LogP contribution in [0, 0.1) is 5.92 Å². The molecule has 0 heterocycles. The molecule has 5 nitrogen and oxygen atoms in total. The summed E-state index contributed by atoms with van der Waals surface area (Å²) in [5.74, 6) is -0.0736. The minimum absolute atomic E-state index is 0.125. The first-order chi connectivity index (χ1) is 10.0. The van der Waals surface area contributed by atoms with Crippen LogP contribution >= 0.6 is 0 Å². The molecule has 0 saturated heterocycles. The number of ether oxygens (including phenoxy) is 1. The maximum atomic E-state index is 11.9. The number of aliphatic carboxylic acids is 1. The highest BCUT2D eigenvalue weighted by Crippen LogP contribution is 2.12. The summed E-state index contributed by atoms with van der Waals surface area (Å²) < 4.78 is 5.46. The summed E-state index contributed by atoms with van der Waals surface area (Å²) in [7, 11) is 0. The molecule has 5 heteroatoms. The number of carbonyl (C=O) groups is 2. The van der Waals surface area contributed by atoms with Gasteiger partial charge in [0.2, 0.25) is 0 Å². The molecule has 0 aliphatic heterocycles. The molecule has 0 saturated carbocycles. The predicted molar refractivity (Wildman–Crippen MR) is 80.6 cm³/mol. The Kier molecular flexibility index (Phi) is 7.29. The molecule has 0 aromatic heterocycles. The van der Waals surface area contributed by atoms with E-state index in [1.807, 2.05) is 13.8 Å². The average molecular weight is 293 g/mol. The number of carbonyl (C=O) groups excluding carboxylic acids is 1. The van der Waals surface area contributed by atoms with Crippen LogP contribution in [0.2, 0.25) is 0 Å². The van der Waals surface area contributed by atoms with E-state index < -0.39 is 5.97 Å². The van der Waals surface area contributed by atoms with Gasteiger partial charge in [-0.2, -0.15) is 0 Å². The molecular weight excluding hydrogens is 270 g/mol. The Morgan fingerprint density at radius 2 is 1.95 bits per heavy atom. The molecule has 1 rings (SSSR count). The lowest BCUT2D eigenvalue weighted by Crippen LogP contribution is -2.28. The van der Waals surface area contributed by atoms with Gasteiger partial charge in [0, 0.05) is 18.5 Å². The topological polar surface area (TPSA) is 75.6 Å². The number of carboxylic acid groups (broad SMARTS) is 1. The van der Waals surface area contributed by atoms with E-state index in [2.05, 4.69) is 5.32 Å². The van der Waals surface area contributed by atoms with E-state index in [-0.39, 0.29) is 18.2 Å². The Labute approximate surface area is 125 Å². The van der Waals surface area contributed by atoms with Gasteiger partial charge in [0.25, 0.3) is 5.91 Å². The van der Waals surface area contributed by atoms with E-state index in [1.165, 1.54) is 0 Å². The van der Waals surface area contributed by atoms with Crippen LogP contribution < -0.4 is 10.1 Å². The second-order valence-corrected chi connectivity index (χ2v) is 5.12. The van der Waals surface area contributed by atoms with Gasteiger partial charge in [-0.1, -0.05) is 13.8 Å². The lowest BCUT2D eigenvalue weighted by molar-refractivity contribution is -0.137. The normalized spacial score (nSPS) is 11.7. The molecule has 21 heavy (non-hydrogen) atoms. The number of nitrogens with one attached hydrogen (secondary N) is 1. The number of hydrogen-bond acceptors (Lipinski definition) is 3. The van der Waals surface area contributed by atoms with Crippen LogP contribution in [0.15, 0.2) is 24.3 Å². The summed E-state index contributed by atoms with van der Waals surface area (Å²) in [5, 5.41) is 11.4. The van der Waals surface area contributed by atoms with Crippen LogP contribution in [0.4, 0.5) is 0 Å². The van der Waals surface area contributed by atoms with Crippen molar-refractivity contribution in [3.05, 3.63) is 29.8 Å². The van der Waals surface area contributed by atoms with Gasteiger partial charge < -0.3 is 15.2 Å². The lowest BCUT2D eigenvalue weighted by Gasteiger charge is -2.12. The summed E-state index contributed by atoms with van der Waals surface area (Å²) in [6.07, 6.45) is 1.62. The number of carboxylic acids is 1.